The van der Waals surface area contributed by atoms with Gasteiger partial charge in [0.2, 0.25) is 11.8 Å². The molecule has 2 heterocycles. The third-order valence-corrected chi connectivity index (χ3v) is 5.65. The Hall–Kier alpha value is -4.22. The lowest BCUT2D eigenvalue weighted by Crippen LogP contribution is -2.45. The van der Waals surface area contributed by atoms with Crippen LogP contribution in [0.4, 0.5) is 5.69 Å². The van der Waals surface area contributed by atoms with Gasteiger partial charge in [-0.25, -0.2) is 9.78 Å². The number of imidazole rings is 1. The summed E-state index contributed by atoms with van der Waals surface area (Å²) in [5.74, 6) is -2.53. The number of carbonyl (C=O) groups is 4. The molecule has 0 aromatic carbocycles. The molecule has 12 heteroatoms. The van der Waals surface area contributed by atoms with Crippen molar-refractivity contribution in [3.63, 3.8) is 0 Å². The number of amides is 3. The summed E-state index contributed by atoms with van der Waals surface area (Å²) in [6.45, 7) is 4.87. The molecule has 200 valence electrons. The lowest BCUT2D eigenvalue weighted by atomic mass is 10.1. The molecule has 12 nitrogen and oxygen atoms in total. The van der Waals surface area contributed by atoms with E-state index in [4.69, 9.17) is 5.11 Å². The van der Waals surface area contributed by atoms with E-state index < -0.39 is 29.4 Å². The average Bonchev–Trinajstić information content (AvgIpc) is 3.29. The number of hydrogen-bond acceptors (Lipinski definition) is 6. The van der Waals surface area contributed by atoms with Crippen molar-refractivity contribution in [3.8, 4) is 0 Å². The number of aliphatic carboxylic acids is 1. The number of allylic oxidation sites excluding steroid dienone is 1. The van der Waals surface area contributed by atoms with E-state index in [-0.39, 0.29) is 36.7 Å². The summed E-state index contributed by atoms with van der Waals surface area (Å²) < 4.78 is 2.72. The van der Waals surface area contributed by atoms with Crippen molar-refractivity contribution in [1.82, 2.24) is 24.3 Å². The van der Waals surface area contributed by atoms with Crippen molar-refractivity contribution >= 4 is 29.4 Å². The average molecular weight is 515 g/mol. The van der Waals surface area contributed by atoms with Gasteiger partial charge in [-0.05, 0) is 38.3 Å². The molecule has 0 aliphatic rings. The monoisotopic (exact) mass is 514 g/mol. The molecular weight excluding hydrogens is 480 g/mol. The zero-order valence-corrected chi connectivity index (χ0v) is 21.3. The zero-order chi connectivity index (χ0) is 27.4. The van der Waals surface area contributed by atoms with Crippen molar-refractivity contribution in [3.05, 3.63) is 59.1 Å². The van der Waals surface area contributed by atoms with E-state index in [1.165, 1.54) is 40.0 Å². The molecule has 0 spiro atoms. The minimum Gasteiger partial charge on any atom is -0.478 e. The van der Waals surface area contributed by atoms with E-state index in [1.54, 1.807) is 18.0 Å². The number of carboxylic acids is 1. The van der Waals surface area contributed by atoms with Crippen molar-refractivity contribution in [1.29, 1.82) is 0 Å². The zero-order valence-electron chi connectivity index (χ0n) is 21.3. The second-order valence-corrected chi connectivity index (χ2v) is 8.40. The van der Waals surface area contributed by atoms with Gasteiger partial charge < -0.3 is 29.8 Å². The molecule has 3 N–H and O–H groups in total. The van der Waals surface area contributed by atoms with Crippen LogP contribution in [0.1, 0.15) is 50.0 Å². The summed E-state index contributed by atoms with van der Waals surface area (Å²) in [6, 6.07) is 1.89. The number of carbonyl (C=O) groups excluding carboxylic acids is 3. The molecular formula is C25H34N6O6. The van der Waals surface area contributed by atoms with Crippen molar-refractivity contribution in [2.75, 3.05) is 18.4 Å². The Morgan fingerprint density at radius 3 is 2.62 bits per heavy atom. The first-order valence-corrected chi connectivity index (χ1v) is 12.1. The van der Waals surface area contributed by atoms with Gasteiger partial charge in [-0.1, -0.05) is 19.4 Å². The van der Waals surface area contributed by atoms with Crippen LogP contribution >= 0.6 is 0 Å². The summed E-state index contributed by atoms with van der Waals surface area (Å²) in [5, 5.41) is 13.9. The van der Waals surface area contributed by atoms with E-state index in [0.717, 1.165) is 18.9 Å². The fourth-order valence-electron chi connectivity index (χ4n) is 3.55. The first-order valence-electron chi connectivity index (χ1n) is 12.1. The maximum atomic E-state index is 13.1. The number of anilines is 1. The number of nitrogens with zero attached hydrogens (tertiary/aromatic N) is 4. The number of aromatic nitrogens is 3. The SMILES string of the molecule is CCCCN(CC)C(=O)Cn1cccc(NC(=O)C(CCC=CC(=O)O)NC(=O)c2cncn2C)c1=O. The number of unbranched alkanes of at least 4 members (excludes halogenated alkanes) is 1. The van der Waals surface area contributed by atoms with Crippen LogP contribution in [0.15, 0.2) is 47.8 Å². The van der Waals surface area contributed by atoms with Crippen LogP contribution in [0.5, 0.6) is 0 Å². The lowest BCUT2D eigenvalue weighted by Gasteiger charge is -2.21. The maximum absolute atomic E-state index is 13.1. The normalized spacial score (nSPS) is 11.8. The summed E-state index contributed by atoms with van der Waals surface area (Å²) in [7, 11) is 1.63. The second kappa shape index (κ2) is 14.4. The number of pyridine rings is 1. The predicted molar refractivity (Wildman–Crippen MR) is 137 cm³/mol. The number of nitrogens with one attached hydrogen (secondary N) is 2. The molecule has 2 aromatic rings. The van der Waals surface area contributed by atoms with Crippen LogP contribution in [0.3, 0.4) is 0 Å². The highest BCUT2D eigenvalue weighted by Gasteiger charge is 2.23. The largest absolute Gasteiger partial charge is 0.478 e. The molecule has 2 rings (SSSR count). The number of hydrogen-bond donors (Lipinski definition) is 3. The van der Waals surface area contributed by atoms with Gasteiger partial charge in [0.25, 0.3) is 11.5 Å². The standard InChI is InChI=1S/C25H34N6O6/c1-4-6-13-30(5-2)21(32)16-31-14-9-11-19(25(31)37)28-23(35)18(10-7-8-12-22(33)34)27-24(36)20-15-26-17-29(20)3/h8-9,11-12,14-15,17-18H,4-7,10,13,16H2,1-3H3,(H,27,36)(H,28,35)(H,33,34). The minimum absolute atomic E-state index is 0.0437. The number of carboxylic acid groups (broad SMARTS) is 1. The van der Waals surface area contributed by atoms with Gasteiger partial charge in [0.05, 0.1) is 12.5 Å². The molecule has 0 aliphatic heterocycles. The quantitative estimate of drug-likeness (QED) is 0.322. The predicted octanol–water partition coefficient (Wildman–Crippen LogP) is 1.39. The van der Waals surface area contributed by atoms with Crippen molar-refractivity contribution < 1.29 is 24.3 Å². The Bertz CT molecular complexity index is 1180. The van der Waals surface area contributed by atoms with E-state index in [0.29, 0.717) is 13.1 Å². The van der Waals surface area contributed by atoms with E-state index in [1.807, 2.05) is 13.8 Å². The highest BCUT2D eigenvalue weighted by Crippen LogP contribution is 2.07. The lowest BCUT2D eigenvalue weighted by molar-refractivity contribution is -0.132. The van der Waals surface area contributed by atoms with Crippen molar-refractivity contribution in [2.45, 2.75) is 52.1 Å². The van der Waals surface area contributed by atoms with Gasteiger partial charge in [0.1, 0.15) is 24.0 Å². The van der Waals surface area contributed by atoms with E-state index >= 15 is 0 Å². The van der Waals surface area contributed by atoms with Crippen LogP contribution in [0.2, 0.25) is 0 Å². The fraction of sp³-hybridized carbons (Fsp3) is 0.440. The van der Waals surface area contributed by atoms with Gasteiger partial charge in [-0.2, -0.15) is 0 Å². The topological polar surface area (TPSA) is 156 Å². The summed E-state index contributed by atoms with van der Waals surface area (Å²) in [5.41, 5.74) is -0.376. The first-order chi connectivity index (χ1) is 17.7. The summed E-state index contributed by atoms with van der Waals surface area (Å²) in [4.78, 5) is 67.7. The van der Waals surface area contributed by atoms with Gasteiger partial charge in [0, 0.05) is 32.4 Å². The van der Waals surface area contributed by atoms with Crippen LogP contribution in [0.25, 0.3) is 0 Å². The molecule has 0 fully saturated rings. The molecule has 1 unspecified atom stereocenters. The van der Waals surface area contributed by atoms with E-state index in [9.17, 15) is 24.0 Å². The molecule has 1 atom stereocenters. The van der Waals surface area contributed by atoms with Crippen LogP contribution < -0.4 is 16.2 Å². The molecule has 2 aromatic heterocycles. The molecule has 37 heavy (non-hydrogen) atoms. The maximum Gasteiger partial charge on any atom is 0.327 e. The smallest absolute Gasteiger partial charge is 0.327 e. The van der Waals surface area contributed by atoms with E-state index in [2.05, 4.69) is 15.6 Å². The van der Waals surface area contributed by atoms with Gasteiger partial charge in [-0.15, -0.1) is 0 Å². The molecule has 0 radical (unpaired) electrons. The summed E-state index contributed by atoms with van der Waals surface area (Å²) in [6.07, 6.45) is 8.66. The summed E-state index contributed by atoms with van der Waals surface area (Å²) >= 11 is 0. The second-order valence-electron chi connectivity index (χ2n) is 8.40. The molecule has 0 aliphatic carbocycles. The van der Waals surface area contributed by atoms with Gasteiger partial charge in [-0.3, -0.25) is 19.2 Å². The Morgan fingerprint density at radius 2 is 2.00 bits per heavy atom. The molecule has 0 bridgehead atoms. The van der Waals surface area contributed by atoms with Crippen LogP contribution in [-0.2, 0) is 28.0 Å². The van der Waals surface area contributed by atoms with Gasteiger partial charge in [0.15, 0.2) is 0 Å². The number of likely N-dealkylation sites (N-methyl/N-ethyl adjacent to an activating group) is 1. The van der Waals surface area contributed by atoms with Crippen LogP contribution in [-0.4, -0.2) is 66.9 Å². The Kier molecular flexibility index (Phi) is 11.3. The highest BCUT2D eigenvalue weighted by molar-refractivity contribution is 6.00. The van der Waals surface area contributed by atoms with Crippen molar-refractivity contribution in [2.24, 2.45) is 7.05 Å². The highest BCUT2D eigenvalue weighted by atomic mass is 16.4. The minimum atomic E-state index is -1.13. The first kappa shape index (κ1) is 29.0. The number of rotatable bonds is 14. The third-order valence-electron chi connectivity index (χ3n) is 5.65. The Balaban J connectivity index is 2.18. The molecule has 0 saturated carbocycles. The molecule has 0 saturated heterocycles. The fourth-order valence-corrected chi connectivity index (χ4v) is 3.55. The van der Waals surface area contributed by atoms with Crippen LogP contribution in [0, 0.1) is 0 Å². The molecule has 3 amide bonds. The third kappa shape index (κ3) is 8.74. The number of aryl methyl sites for hydroxylation is 1. The Morgan fingerprint density at radius 1 is 1.24 bits per heavy atom. The van der Waals surface area contributed by atoms with Gasteiger partial charge >= 0.3 is 5.97 Å². The Labute approximate surface area is 215 Å².